The van der Waals surface area contributed by atoms with Gasteiger partial charge in [-0.2, -0.15) is 0 Å². The van der Waals surface area contributed by atoms with Crippen LogP contribution in [0.5, 0.6) is 0 Å². The van der Waals surface area contributed by atoms with Crippen molar-refractivity contribution in [2.24, 2.45) is 11.7 Å². The molecule has 4 nitrogen and oxygen atoms in total. The lowest BCUT2D eigenvalue weighted by Gasteiger charge is -2.38. The van der Waals surface area contributed by atoms with Gasteiger partial charge in [0.2, 0.25) is 5.91 Å². The smallest absolute Gasteiger partial charge is 0.234 e. The molecule has 0 aromatic rings. The van der Waals surface area contributed by atoms with E-state index in [2.05, 4.69) is 23.7 Å². The maximum atomic E-state index is 11.8. The van der Waals surface area contributed by atoms with Crippen LogP contribution in [0, 0.1) is 5.92 Å². The standard InChI is InChI=1S/C14H27N3O/c1-3-9-16-14(18)11-17(4-2)13-8-6-5-7-12(13)10-15/h3,12-13H,1,4-11,15H2,2H3,(H,16,18). The quantitative estimate of drug-likeness (QED) is 0.669. The number of hydrogen-bond donors (Lipinski definition) is 2. The summed E-state index contributed by atoms with van der Waals surface area (Å²) in [4.78, 5) is 14.1. The Hall–Kier alpha value is -0.870. The van der Waals surface area contributed by atoms with Crippen molar-refractivity contribution in [2.45, 2.75) is 38.6 Å². The van der Waals surface area contributed by atoms with Gasteiger partial charge in [0, 0.05) is 12.6 Å². The molecule has 104 valence electrons. The lowest BCUT2D eigenvalue weighted by molar-refractivity contribution is -0.123. The fourth-order valence-corrected chi connectivity index (χ4v) is 2.83. The normalized spacial score (nSPS) is 23.9. The zero-order valence-electron chi connectivity index (χ0n) is 11.5. The van der Waals surface area contributed by atoms with Gasteiger partial charge in [-0.1, -0.05) is 25.8 Å². The van der Waals surface area contributed by atoms with Crippen LogP contribution in [0.15, 0.2) is 12.7 Å². The summed E-state index contributed by atoms with van der Waals surface area (Å²) in [5, 5.41) is 2.84. The van der Waals surface area contributed by atoms with Crippen molar-refractivity contribution in [3.63, 3.8) is 0 Å². The van der Waals surface area contributed by atoms with E-state index in [9.17, 15) is 4.79 Å². The highest BCUT2D eigenvalue weighted by atomic mass is 16.2. The minimum absolute atomic E-state index is 0.0816. The molecule has 0 aromatic carbocycles. The summed E-state index contributed by atoms with van der Waals surface area (Å²) in [6.07, 6.45) is 6.61. The number of carbonyl (C=O) groups excluding carboxylic acids is 1. The van der Waals surface area contributed by atoms with E-state index in [0.29, 0.717) is 25.0 Å². The Bertz CT molecular complexity index is 268. The molecule has 0 heterocycles. The Kier molecular flexibility index (Phi) is 6.98. The van der Waals surface area contributed by atoms with E-state index in [-0.39, 0.29) is 5.91 Å². The molecule has 0 aromatic heterocycles. The van der Waals surface area contributed by atoms with Crippen molar-refractivity contribution in [1.82, 2.24) is 10.2 Å². The van der Waals surface area contributed by atoms with Gasteiger partial charge in [-0.25, -0.2) is 0 Å². The van der Waals surface area contributed by atoms with Crippen molar-refractivity contribution >= 4 is 5.91 Å². The molecule has 1 aliphatic rings. The topological polar surface area (TPSA) is 58.4 Å². The number of hydrogen-bond acceptors (Lipinski definition) is 3. The van der Waals surface area contributed by atoms with Gasteiger partial charge >= 0.3 is 0 Å². The zero-order chi connectivity index (χ0) is 13.4. The molecule has 0 radical (unpaired) electrons. The van der Waals surface area contributed by atoms with Gasteiger partial charge in [-0.3, -0.25) is 9.69 Å². The molecule has 0 saturated heterocycles. The van der Waals surface area contributed by atoms with Crippen molar-refractivity contribution in [3.05, 3.63) is 12.7 Å². The summed E-state index contributed by atoms with van der Waals surface area (Å²) in [5.74, 6) is 0.629. The molecule has 1 saturated carbocycles. The average molecular weight is 253 g/mol. The highest BCUT2D eigenvalue weighted by molar-refractivity contribution is 5.78. The summed E-state index contributed by atoms with van der Waals surface area (Å²) in [7, 11) is 0. The molecule has 1 amide bonds. The molecule has 18 heavy (non-hydrogen) atoms. The Morgan fingerprint density at radius 3 is 2.83 bits per heavy atom. The van der Waals surface area contributed by atoms with Crippen LogP contribution >= 0.6 is 0 Å². The first-order valence-electron chi connectivity index (χ1n) is 7.04. The average Bonchev–Trinajstić information content (AvgIpc) is 2.42. The summed E-state index contributed by atoms with van der Waals surface area (Å²) in [6.45, 7) is 8.37. The third kappa shape index (κ3) is 4.42. The third-order valence-corrected chi connectivity index (χ3v) is 3.84. The van der Waals surface area contributed by atoms with Crippen molar-refractivity contribution < 1.29 is 4.79 Å². The lowest BCUT2D eigenvalue weighted by atomic mass is 9.83. The van der Waals surface area contributed by atoms with Gasteiger partial charge in [-0.05, 0) is 31.8 Å². The molecule has 1 fully saturated rings. The molecule has 2 unspecified atom stereocenters. The zero-order valence-corrected chi connectivity index (χ0v) is 11.5. The first-order valence-corrected chi connectivity index (χ1v) is 7.04. The molecular weight excluding hydrogens is 226 g/mol. The van der Waals surface area contributed by atoms with E-state index < -0.39 is 0 Å². The van der Waals surface area contributed by atoms with Gasteiger partial charge in [0.1, 0.15) is 0 Å². The van der Waals surface area contributed by atoms with E-state index in [0.717, 1.165) is 13.1 Å². The lowest BCUT2D eigenvalue weighted by Crippen LogP contribution is -2.48. The van der Waals surface area contributed by atoms with Crippen LogP contribution in [0.3, 0.4) is 0 Å². The monoisotopic (exact) mass is 253 g/mol. The number of nitrogens with two attached hydrogens (primary N) is 1. The van der Waals surface area contributed by atoms with Crippen molar-refractivity contribution in [1.29, 1.82) is 0 Å². The largest absolute Gasteiger partial charge is 0.352 e. The number of rotatable bonds is 7. The van der Waals surface area contributed by atoms with Crippen LogP contribution in [0.1, 0.15) is 32.6 Å². The molecule has 2 atom stereocenters. The second kappa shape index (κ2) is 8.27. The Labute approximate surface area is 111 Å². The maximum Gasteiger partial charge on any atom is 0.234 e. The number of carbonyl (C=O) groups is 1. The predicted octanol–water partition coefficient (Wildman–Crippen LogP) is 1.13. The van der Waals surface area contributed by atoms with Crippen LogP contribution in [0.4, 0.5) is 0 Å². The molecule has 1 rings (SSSR count). The Morgan fingerprint density at radius 1 is 1.50 bits per heavy atom. The summed E-state index contributed by atoms with van der Waals surface area (Å²) >= 11 is 0. The summed E-state index contributed by atoms with van der Waals surface area (Å²) in [6, 6.07) is 0.475. The number of likely N-dealkylation sites (N-methyl/N-ethyl adjacent to an activating group) is 1. The first-order chi connectivity index (χ1) is 8.72. The molecule has 4 heteroatoms. The van der Waals surface area contributed by atoms with E-state index >= 15 is 0 Å². The number of nitrogens with one attached hydrogen (secondary N) is 1. The van der Waals surface area contributed by atoms with E-state index in [4.69, 9.17) is 5.73 Å². The van der Waals surface area contributed by atoms with Crippen LogP contribution in [0.25, 0.3) is 0 Å². The van der Waals surface area contributed by atoms with Gasteiger partial charge in [0.25, 0.3) is 0 Å². The van der Waals surface area contributed by atoms with Crippen LogP contribution in [-0.4, -0.2) is 43.0 Å². The molecule has 1 aliphatic carbocycles. The maximum absolute atomic E-state index is 11.8. The molecule has 0 spiro atoms. The molecule has 0 bridgehead atoms. The third-order valence-electron chi connectivity index (χ3n) is 3.84. The fraction of sp³-hybridized carbons (Fsp3) is 0.786. The number of amides is 1. The van der Waals surface area contributed by atoms with Gasteiger partial charge in [0.15, 0.2) is 0 Å². The van der Waals surface area contributed by atoms with E-state index in [1.165, 1.54) is 25.7 Å². The van der Waals surface area contributed by atoms with Crippen molar-refractivity contribution in [2.75, 3.05) is 26.2 Å². The second-order valence-electron chi connectivity index (χ2n) is 5.00. The number of nitrogens with zero attached hydrogens (tertiary/aromatic N) is 1. The SMILES string of the molecule is C=CCNC(=O)CN(CC)C1CCCCC1CN. The minimum atomic E-state index is 0.0816. The Morgan fingerprint density at radius 2 is 2.22 bits per heavy atom. The molecular formula is C14H27N3O. The highest BCUT2D eigenvalue weighted by Crippen LogP contribution is 2.27. The van der Waals surface area contributed by atoms with Gasteiger partial charge in [0.05, 0.1) is 6.54 Å². The minimum Gasteiger partial charge on any atom is -0.352 e. The highest BCUT2D eigenvalue weighted by Gasteiger charge is 2.29. The van der Waals surface area contributed by atoms with Crippen molar-refractivity contribution in [3.8, 4) is 0 Å². The van der Waals surface area contributed by atoms with Crippen LogP contribution < -0.4 is 11.1 Å². The summed E-state index contributed by atoms with van der Waals surface area (Å²) in [5.41, 5.74) is 5.86. The predicted molar refractivity (Wildman–Crippen MR) is 75.3 cm³/mol. The summed E-state index contributed by atoms with van der Waals surface area (Å²) < 4.78 is 0. The van der Waals surface area contributed by atoms with Crippen LogP contribution in [-0.2, 0) is 4.79 Å². The fourth-order valence-electron chi connectivity index (χ4n) is 2.83. The van der Waals surface area contributed by atoms with Gasteiger partial charge in [-0.15, -0.1) is 6.58 Å². The first kappa shape index (κ1) is 15.2. The second-order valence-corrected chi connectivity index (χ2v) is 5.00. The molecule has 3 N–H and O–H groups in total. The molecule has 0 aliphatic heterocycles. The van der Waals surface area contributed by atoms with Crippen LogP contribution in [0.2, 0.25) is 0 Å². The van der Waals surface area contributed by atoms with Gasteiger partial charge < -0.3 is 11.1 Å². The van der Waals surface area contributed by atoms with E-state index in [1.54, 1.807) is 6.08 Å². The van der Waals surface area contributed by atoms with E-state index in [1.807, 2.05) is 0 Å². The Balaban J connectivity index is 2.52.